The molecule has 0 aromatic heterocycles. The molecule has 3 amide bonds. The van der Waals surface area contributed by atoms with Crippen LogP contribution in [0.4, 0.5) is 4.79 Å². The molecular weight excluding hydrogens is 262 g/mol. The van der Waals surface area contributed by atoms with Crippen LogP contribution in [0, 0.1) is 0 Å². The maximum Gasteiger partial charge on any atom is 0.315 e. The molecule has 3 atom stereocenters. The number of urea groups is 1. The first kappa shape index (κ1) is 13.1. The molecular formula is C13H21N3O2S. The minimum atomic E-state index is -0.0240. The summed E-state index contributed by atoms with van der Waals surface area (Å²) in [6.07, 6.45) is 6.06. The first-order valence-electron chi connectivity index (χ1n) is 7.20. The van der Waals surface area contributed by atoms with Gasteiger partial charge in [-0.2, -0.15) is 11.8 Å². The van der Waals surface area contributed by atoms with E-state index in [2.05, 4.69) is 16.0 Å². The van der Waals surface area contributed by atoms with Gasteiger partial charge in [0.1, 0.15) is 0 Å². The van der Waals surface area contributed by atoms with Crippen LogP contribution in [0.15, 0.2) is 0 Å². The maximum absolute atomic E-state index is 11.5. The van der Waals surface area contributed by atoms with Crippen LogP contribution in [0.25, 0.3) is 0 Å². The van der Waals surface area contributed by atoms with E-state index in [9.17, 15) is 9.59 Å². The third-order valence-electron chi connectivity index (χ3n) is 4.02. The molecule has 2 saturated heterocycles. The summed E-state index contributed by atoms with van der Waals surface area (Å²) < 4.78 is 0. The molecule has 0 radical (unpaired) electrons. The van der Waals surface area contributed by atoms with Crippen molar-refractivity contribution < 1.29 is 9.59 Å². The van der Waals surface area contributed by atoms with Gasteiger partial charge >= 0.3 is 6.03 Å². The predicted molar refractivity (Wildman–Crippen MR) is 75.1 cm³/mol. The monoisotopic (exact) mass is 283 g/mol. The van der Waals surface area contributed by atoms with Gasteiger partial charge in [0.25, 0.3) is 0 Å². The maximum atomic E-state index is 11.5. The fraction of sp³-hybridized carbons (Fsp3) is 0.846. The summed E-state index contributed by atoms with van der Waals surface area (Å²) in [5, 5.41) is 9.47. The van der Waals surface area contributed by atoms with Crippen molar-refractivity contribution in [3.63, 3.8) is 0 Å². The number of fused-ring (bicyclic) bond motifs is 1. The summed E-state index contributed by atoms with van der Waals surface area (Å²) in [5.41, 5.74) is 0. The second-order valence-corrected chi connectivity index (χ2v) is 6.98. The number of thioether (sulfide) groups is 1. The van der Waals surface area contributed by atoms with Gasteiger partial charge in [0, 0.05) is 23.5 Å². The first-order valence-corrected chi connectivity index (χ1v) is 8.25. The fourth-order valence-corrected chi connectivity index (χ4v) is 4.35. The van der Waals surface area contributed by atoms with E-state index >= 15 is 0 Å². The van der Waals surface area contributed by atoms with Crippen molar-refractivity contribution >= 4 is 23.7 Å². The zero-order chi connectivity index (χ0) is 13.2. The molecule has 0 aromatic carbocycles. The van der Waals surface area contributed by atoms with E-state index in [1.165, 1.54) is 0 Å². The minimum Gasteiger partial charge on any atom is -0.353 e. The molecule has 6 heteroatoms. The minimum absolute atomic E-state index is 0.0240. The van der Waals surface area contributed by atoms with Gasteiger partial charge < -0.3 is 16.0 Å². The van der Waals surface area contributed by atoms with Crippen LogP contribution in [0.1, 0.15) is 38.5 Å². The van der Waals surface area contributed by atoms with Crippen molar-refractivity contribution in [3.8, 4) is 0 Å². The van der Waals surface area contributed by atoms with Crippen LogP contribution < -0.4 is 16.0 Å². The van der Waals surface area contributed by atoms with Gasteiger partial charge in [-0.1, -0.05) is 6.42 Å². The third kappa shape index (κ3) is 3.35. The molecule has 0 spiro atoms. The van der Waals surface area contributed by atoms with Crippen molar-refractivity contribution in [2.75, 3.05) is 5.75 Å². The molecule has 106 valence electrons. The van der Waals surface area contributed by atoms with Gasteiger partial charge in [-0.3, -0.25) is 4.79 Å². The Labute approximate surface area is 117 Å². The summed E-state index contributed by atoms with van der Waals surface area (Å²) >= 11 is 1.94. The van der Waals surface area contributed by atoms with E-state index in [-0.39, 0.29) is 18.0 Å². The number of hydrogen-bond donors (Lipinski definition) is 3. The van der Waals surface area contributed by atoms with Crippen LogP contribution in [-0.4, -0.2) is 41.1 Å². The van der Waals surface area contributed by atoms with Crippen molar-refractivity contribution in [1.82, 2.24) is 16.0 Å². The van der Waals surface area contributed by atoms with Gasteiger partial charge in [0.2, 0.25) is 5.91 Å². The summed E-state index contributed by atoms with van der Waals surface area (Å²) in [7, 11) is 0. The highest BCUT2D eigenvalue weighted by molar-refractivity contribution is 8.00. The Bertz CT molecular complexity index is 373. The van der Waals surface area contributed by atoms with Gasteiger partial charge in [-0.15, -0.1) is 0 Å². The number of hydrogen-bond acceptors (Lipinski definition) is 3. The average molecular weight is 283 g/mol. The molecule has 0 bridgehead atoms. The molecule has 19 heavy (non-hydrogen) atoms. The Morgan fingerprint density at radius 2 is 2.16 bits per heavy atom. The summed E-state index contributed by atoms with van der Waals surface area (Å²) in [6, 6.07) is 1.04. The summed E-state index contributed by atoms with van der Waals surface area (Å²) in [5.74, 6) is 1.21. The van der Waals surface area contributed by atoms with Gasteiger partial charge in [-0.05, 0) is 25.7 Å². The Hall–Kier alpha value is -0.910. The predicted octanol–water partition coefficient (Wildman–Crippen LogP) is 0.991. The van der Waals surface area contributed by atoms with E-state index in [4.69, 9.17) is 0 Å². The number of rotatable bonds is 6. The molecule has 1 aliphatic carbocycles. The topological polar surface area (TPSA) is 70.2 Å². The second kappa shape index (κ2) is 5.61. The molecule has 2 aliphatic heterocycles. The molecule has 3 unspecified atom stereocenters. The molecule has 3 fully saturated rings. The Kier molecular flexibility index (Phi) is 3.86. The molecule has 5 nitrogen and oxygen atoms in total. The van der Waals surface area contributed by atoms with Crippen molar-refractivity contribution in [2.24, 2.45) is 0 Å². The van der Waals surface area contributed by atoms with Crippen LogP contribution in [0.3, 0.4) is 0 Å². The highest BCUT2D eigenvalue weighted by atomic mass is 32.2. The lowest BCUT2D eigenvalue weighted by molar-refractivity contribution is -0.121. The zero-order valence-corrected chi connectivity index (χ0v) is 11.8. The van der Waals surface area contributed by atoms with Gasteiger partial charge in [0.05, 0.1) is 12.1 Å². The van der Waals surface area contributed by atoms with E-state index in [0.29, 0.717) is 23.8 Å². The summed E-state index contributed by atoms with van der Waals surface area (Å²) in [4.78, 5) is 22.8. The number of carbonyl (C=O) groups excluding carboxylic acids is 2. The highest BCUT2D eigenvalue weighted by Gasteiger charge is 2.42. The fourth-order valence-electron chi connectivity index (χ4n) is 2.80. The smallest absolute Gasteiger partial charge is 0.315 e. The van der Waals surface area contributed by atoms with Crippen molar-refractivity contribution in [1.29, 1.82) is 0 Å². The zero-order valence-electron chi connectivity index (χ0n) is 11.0. The van der Waals surface area contributed by atoms with E-state index in [1.807, 2.05) is 11.8 Å². The molecule has 0 aromatic rings. The average Bonchev–Trinajstić information content (AvgIpc) is 2.98. The molecule has 1 saturated carbocycles. The molecule has 3 N–H and O–H groups in total. The largest absolute Gasteiger partial charge is 0.353 e. The quantitative estimate of drug-likeness (QED) is 0.503. The highest BCUT2D eigenvalue weighted by Crippen LogP contribution is 2.33. The molecule has 2 heterocycles. The lowest BCUT2D eigenvalue weighted by atomic mass is 10.0. The van der Waals surface area contributed by atoms with Crippen LogP contribution in [0.5, 0.6) is 0 Å². The number of unbranched alkanes of at least 4 members (excludes halogenated alkanes) is 1. The standard InChI is InChI=1S/C13H21N3O2S/c17-11(14-8-5-6-8)4-2-1-3-10-12-9(7-19-10)15-13(18)16-12/h8-10,12H,1-7H2,(H,14,17)(H2,15,16,18). The Morgan fingerprint density at radius 1 is 1.32 bits per heavy atom. The van der Waals surface area contributed by atoms with Gasteiger partial charge in [0.15, 0.2) is 0 Å². The third-order valence-corrected chi connectivity index (χ3v) is 5.53. The SMILES string of the molecule is O=C(CCCCC1SCC2NC(=O)NC21)NC1CC1. The summed E-state index contributed by atoms with van der Waals surface area (Å²) in [6.45, 7) is 0. The first-order chi connectivity index (χ1) is 9.22. The number of carbonyl (C=O) groups is 2. The Morgan fingerprint density at radius 3 is 2.95 bits per heavy atom. The lowest BCUT2D eigenvalue weighted by Crippen LogP contribution is -2.36. The van der Waals surface area contributed by atoms with Crippen molar-refractivity contribution in [3.05, 3.63) is 0 Å². The van der Waals surface area contributed by atoms with Gasteiger partial charge in [-0.25, -0.2) is 4.79 Å². The van der Waals surface area contributed by atoms with E-state index < -0.39 is 0 Å². The van der Waals surface area contributed by atoms with Crippen LogP contribution >= 0.6 is 11.8 Å². The second-order valence-electron chi connectivity index (χ2n) is 5.71. The Balaban J connectivity index is 1.31. The number of amides is 3. The van der Waals surface area contributed by atoms with Crippen LogP contribution in [0.2, 0.25) is 0 Å². The normalized spacial score (nSPS) is 32.6. The van der Waals surface area contributed by atoms with E-state index in [0.717, 1.165) is 37.9 Å². The number of nitrogens with one attached hydrogen (secondary N) is 3. The van der Waals surface area contributed by atoms with Crippen molar-refractivity contribution in [2.45, 2.75) is 61.9 Å². The van der Waals surface area contributed by atoms with Crippen LogP contribution in [-0.2, 0) is 4.79 Å². The molecule has 3 aliphatic rings. The van der Waals surface area contributed by atoms with E-state index in [1.54, 1.807) is 0 Å². The molecule has 3 rings (SSSR count). The lowest BCUT2D eigenvalue weighted by Gasteiger charge is -2.16.